The van der Waals surface area contributed by atoms with Gasteiger partial charge in [0.25, 0.3) is 5.91 Å². The molecule has 6 nitrogen and oxygen atoms in total. The van der Waals surface area contributed by atoms with E-state index in [9.17, 15) is 4.79 Å². The van der Waals surface area contributed by atoms with Gasteiger partial charge in [-0.05, 0) is 24.6 Å². The first-order chi connectivity index (χ1) is 13.6. The Morgan fingerprint density at radius 3 is 2.71 bits per heavy atom. The monoisotopic (exact) mass is 449 g/mol. The van der Waals surface area contributed by atoms with Crippen LogP contribution in [-0.2, 0) is 10.5 Å². The molecule has 0 aliphatic rings. The minimum Gasteiger partial charge on any atom is -0.272 e. The zero-order chi connectivity index (χ0) is 19.8. The van der Waals surface area contributed by atoms with Gasteiger partial charge in [-0.3, -0.25) is 9.78 Å². The summed E-state index contributed by atoms with van der Waals surface area (Å²) >= 11 is 10.5. The molecule has 0 saturated carbocycles. The lowest BCUT2D eigenvalue weighted by Gasteiger charge is -2.01. The molecule has 144 valence electrons. The van der Waals surface area contributed by atoms with Crippen LogP contribution in [-0.4, -0.2) is 32.6 Å². The van der Waals surface area contributed by atoms with Crippen molar-refractivity contribution in [2.24, 2.45) is 5.10 Å². The molecule has 0 aliphatic heterocycles. The molecular weight excluding hydrogens is 434 g/mol. The number of carbonyl (C=O) groups is 1. The molecule has 0 aliphatic carbocycles. The van der Waals surface area contributed by atoms with Crippen molar-refractivity contribution < 1.29 is 4.79 Å². The maximum atomic E-state index is 12.0. The molecule has 0 unspecified atom stereocenters. The molecule has 1 amide bonds. The Morgan fingerprint density at radius 2 is 1.96 bits per heavy atom. The van der Waals surface area contributed by atoms with Crippen molar-refractivity contribution in [1.29, 1.82) is 0 Å². The van der Waals surface area contributed by atoms with Gasteiger partial charge in [0.15, 0.2) is 8.68 Å². The summed E-state index contributed by atoms with van der Waals surface area (Å²) in [6, 6.07) is 11.4. The predicted molar refractivity (Wildman–Crippen MR) is 116 cm³/mol. The van der Waals surface area contributed by atoms with Gasteiger partial charge < -0.3 is 0 Å². The molecule has 0 bridgehead atoms. The van der Waals surface area contributed by atoms with E-state index in [1.54, 1.807) is 24.2 Å². The third kappa shape index (κ3) is 6.30. The first-order valence-corrected chi connectivity index (χ1v) is 11.3. The Morgan fingerprint density at radius 1 is 1.18 bits per heavy atom. The summed E-state index contributed by atoms with van der Waals surface area (Å²) < 4.78 is 1.58. The normalized spacial score (nSPS) is 11.4. The van der Waals surface area contributed by atoms with Crippen molar-refractivity contribution in [3.05, 3.63) is 64.9 Å². The number of aromatic nitrogens is 3. The van der Waals surface area contributed by atoms with Crippen LogP contribution in [0.25, 0.3) is 0 Å². The molecule has 2 aromatic heterocycles. The summed E-state index contributed by atoms with van der Waals surface area (Å²) in [5, 5.41) is 13.1. The van der Waals surface area contributed by atoms with Crippen molar-refractivity contribution in [1.82, 2.24) is 20.6 Å². The number of hydrogen-bond donors (Lipinski definition) is 1. The lowest BCUT2D eigenvalue weighted by molar-refractivity contribution is -0.118. The first kappa shape index (κ1) is 20.8. The third-order valence-corrected chi connectivity index (χ3v) is 7.06. The lowest BCUT2D eigenvalue weighted by atomic mass is 10.2. The van der Waals surface area contributed by atoms with E-state index in [2.05, 4.69) is 25.7 Å². The van der Waals surface area contributed by atoms with E-state index in [-0.39, 0.29) is 11.7 Å². The van der Waals surface area contributed by atoms with Crippen LogP contribution in [0.2, 0.25) is 5.02 Å². The van der Waals surface area contributed by atoms with Gasteiger partial charge in [0.05, 0.1) is 11.5 Å². The van der Waals surface area contributed by atoms with Crippen molar-refractivity contribution in [2.75, 3.05) is 5.75 Å². The van der Waals surface area contributed by atoms with Crippen LogP contribution in [0.5, 0.6) is 0 Å². The molecule has 3 aromatic rings. The van der Waals surface area contributed by atoms with Crippen LogP contribution in [0.15, 0.2) is 62.6 Å². The largest absolute Gasteiger partial charge is 0.272 e. The number of halogens is 1. The summed E-state index contributed by atoms with van der Waals surface area (Å²) in [7, 11) is 0. The van der Waals surface area contributed by atoms with Crippen LogP contribution < -0.4 is 5.43 Å². The van der Waals surface area contributed by atoms with Gasteiger partial charge in [0, 0.05) is 28.7 Å². The number of pyridine rings is 1. The quantitative estimate of drug-likeness (QED) is 0.309. The molecule has 28 heavy (non-hydrogen) atoms. The standard InChI is InChI=1S/C18H16ClN5OS3/c1-12(13-6-4-8-20-9-13)21-22-16(25)11-27-18-24-23-17(28-18)26-10-14-5-2-3-7-15(14)19/h2-9H,10-11H2,1H3,(H,22,25)/b21-12+. The number of hydrazone groups is 1. The highest BCUT2D eigenvalue weighted by atomic mass is 35.5. The van der Waals surface area contributed by atoms with E-state index in [1.165, 1.54) is 23.1 Å². The average Bonchev–Trinajstić information content (AvgIpc) is 3.18. The van der Waals surface area contributed by atoms with E-state index >= 15 is 0 Å². The number of nitrogens with zero attached hydrogens (tertiary/aromatic N) is 4. The first-order valence-electron chi connectivity index (χ1n) is 8.18. The fraction of sp³-hybridized carbons (Fsp3) is 0.167. The predicted octanol–water partition coefficient (Wildman–Crippen LogP) is 4.51. The van der Waals surface area contributed by atoms with Gasteiger partial charge in [-0.15, -0.1) is 10.2 Å². The smallest absolute Gasteiger partial charge is 0.250 e. The summed E-state index contributed by atoms with van der Waals surface area (Å²) in [6.45, 7) is 1.82. The second-order valence-corrected chi connectivity index (χ2v) is 9.31. The van der Waals surface area contributed by atoms with Crippen LogP contribution in [0.4, 0.5) is 0 Å². The molecule has 10 heteroatoms. The molecule has 0 fully saturated rings. The number of nitrogens with one attached hydrogen (secondary N) is 1. The minimum atomic E-state index is -0.200. The second kappa shape index (κ2) is 10.6. The molecule has 1 N–H and O–H groups in total. The van der Waals surface area contributed by atoms with E-state index in [1.807, 2.05) is 43.3 Å². The van der Waals surface area contributed by atoms with E-state index < -0.39 is 0 Å². The Hall–Kier alpha value is -1.94. The summed E-state index contributed by atoms with van der Waals surface area (Å²) in [5.74, 6) is 0.740. The average molecular weight is 450 g/mol. The Bertz CT molecular complexity index is 965. The lowest BCUT2D eigenvalue weighted by Crippen LogP contribution is -2.21. The molecule has 3 rings (SSSR count). The summed E-state index contributed by atoms with van der Waals surface area (Å²) in [4.78, 5) is 16.0. The fourth-order valence-electron chi connectivity index (χ4n) is 2.02. The van der Waals surface area contributed by atoms with Gasteiger partial charge in [0.1, 0.15) is 0 Å². The molecular formula is C18H16ClN5OS3. The van der Waals surface area contributed by atoms with E-state index in [0.29, 0.717) is 5.71 Å². The van der Waals surface area contributed by atoms with Crippen LogP contribution >= 0.6 is 46.5 Å². The fourth-order valence-corrected chi connectivity index (χ4v) is 5.11. The second-order valence-electron chi connectivity index (χ2n) is 5.48. The third-order valence-electron chi connectivity index (χ3n) is 3.45. The number of rotatable bonds is 8. The number of amides is 1. The Labute approximate surface area is 180 Å². The zero-order valence-electron chi connectivity index (χ0n) is 14.8. The topological polar surface area (TPSA) is 80.1 Å². The maximum Gasteiger partial charge on any atom is 0.250 e. The number of hydrogen-bond acceptors (Lipinski definition) is 8. The highest BCUT2D eigenvalue weighted by Gasteiger charge is 2.09. The van der Waals surface area contributed by atoms with Crippen LogP contribution in [0, 0.1) is 0 Å². The van der Waals surface area contributed by atoms with Crippen molar-refractivity contribution >= 4 is 58.1 Å². The summed E-state index contributed by atoms with van der Waals surface area (Å²) in [5.41, 5.74) is 5.16. The zero-order valence-corrected chi connectivity index (χ0v) is 18.0. The van der Waals surface area contributed by atoms with E-state index in [4.69, 9.17) is 11.6 Å². The van der Waals surface area contributed by atoms with Gasteiger partial charge in [-0.2, -0.15) is 5.10 Å². The minimum absolute atomic E-state index is 0.200. The van der Waals surface area contributed by atoms with Crippen LogP contribution in [0.1, 0.15) is 18.1 Å². The molecule has 1 aromatic carbocycles. The van der Waals surface area contributed by atoms with E-state index in [0.717, 1.165) is 30.6 Å². The van der Waals surface area contributed by atoms with Crippen molar-refractivity contribution in [3.8, 4) is 0 Å². The summed E-state index contributed by atoms with van der Waals surface area (Å²) in [6.07, 6.45) is 3.39. The van der Waals surface area contributed by atoms with Gasteiger partial charge in [-0.25, -0.2) is 5.43 Å². The molecule has 2 heterocycles. The molecule has 0 saturated heterocycles. The number of carbonyl (C=O) groups excluding carboxylic acids is 1. The van der Waals surface area contributed by atoms with Gasteiger partial charge >= 0.3 is 0 Å². The Balaban J connectivity index is 1.45. The molecule has 0 spiro atoms. The molecule has 0 atom stereocenters. The van der Waals surface area contributed by atoms with Gasteiger partial charge in [0.2, 0.25) is 0 Å². The Kier molecular flexibility index (Phi) is 7.84. The molecule has 0 radical (unpaired) electrons. The number of benzene rings is 1. The van der Waals surface area contributed by atoms with Crippen molar-refractivity contribution in [3.63, 3.8) is 0 Å². The highest BCUT2D eigenvalue weighted by Crippen LogP contribution is 2.32. The van der Waals surface area contributed by atoms with Gasteiger partial charge in [-0.1, -0.05) is 70.7 Å². The van der Waals surface area contributed by atoms with Crippen molar-refractivity contribution in [2.45, 2.75) is 21.4 Å². The highest BCUT2D eigenvalue weighted by molar-refractivity contribution is 8.03. The SMILES string of the molecule is C/C(=N\NC(=O)CSc1nnc(SCc2ccccc2Cl)s1)c1cccnc1. The maximum absolute atomic E-state index is 12.0. The number of thioether (sulfide) groups is 2. The van der Waals surface area contributed by atoms with Crippen LogP contribution in [0.3, 0.4) is 0 Å².